The van der Waals surface area contributed by atoms with E-state index in [4.69, 9.17) is 0 Å². The van der Waals surface area contributed by atoms with Crippen molar-refractivity contribution >= 4 is 5.69 Å². The first-order valence-electron chi connectivity index (χ1n) is 7.69. The first-order chi connectivity index (χ1) is 8.85. The van der Waals surface area contributed by atoms with Crippen LogP contribution < -0.4 is 5.32 Å². The van der Waals surface area contributed by atoms with E-state index in [0.29, 0.717) is 0 Å². The van der Waals surface area contributed by atoms with Crippen LogP contribution >= 0.6 is 0 Å². The predicted molar refractivity (Wildman–Crippen MR) is 80.3 cm³/mol. The van der Waals surface area contributed by atoms with Crippen LogP contribution in [0.2, 0.25) is 0 Å². The first kappa shape index (κ1) is 13.5. The van der Waals surface area contributed by atoms with E-state index in [0.717, 1.165) is 18.8 Å². The second kappa shape index (κ2) is 6.82. The molecular formula is C17H27N. The van der Waals surface area contributed by atoms with Crippen molar-refractivity contribution in [1.82, 2.24) is 0 Å². The van der Waals surface area contributed by atoms with Gasteiger partial charge in [-0.25, -0.2) is 0 Å². The monoisotopic (exact) mass is 245 g/mol. The van der Waals surface area contributed by atoms with Gasteiger partial charge in [-0.15, -0.1) is 0 Å². The molecule has 0 radical (unpaired) electrons. The Kier molecular flexibility index (Phi) is 5.10. The number of hydrogen-bond donors (Lipinski definition) is 1. The van der Waals surface area contributed by atoms with Crippen molar-refractivity contribution in [2.45, 2.75) is 58.8 Å². The van der Waals surface area contributed by atoms with Gasteiger partial charge in [0.1, 0.15) is 0 Å². The Bertz CT molecular complexity index is 342. The molecule has 2 rings (SSSR count). The van der Waals surface area contributed by atoms with Crippen molar-refractivity contribution in [1.29, 1.82) is 0 Å². The minimum atomic E-state index is 0.897. The molecule has 1 nitrogen and oxygen atoms in total. The van der Waals surface area contributed by atoms with Crippen LogP contribution in [0, 0.1) is 5.92 Å². The van der Waals surface area contributed by atoms with Crippen molar-refractivity contribution in [2.75, 3.05) is 11.9 Å². The van der Waals surface area contributed by atoms with E-state index in [9.17, 15) is 0 Å². The van der Waals surface area contributed by atoms with Gasteiger partial charge in [-0.2, -0.15) is 0 Å². The summed E-state index contributed by atoms with van der Waals surface area (Å²) >= 11 is 0. The highest BCUT2D eigenvalue weighted by Crippen LogP contribution is 2.27. The van der Waals surface area contributed by atoms with E-state index in [1.807, 2.05) is 0 Å². The lowest BCUT2D eigenvalue weighted by molar-refractivity contribution is 0.373. The molecule has 0 heterocycles. The van der Waals surface area contributed by atoms with E-state index in [1.165, 1.54) is 55.5 Å². The fourth-order valence-corrected chi connectivity index (χ4v) is 3.11. The van der Waals surface area contributed by atoms with Crippen molar-refractivity contribution < 1.29 is 0 Å². The van der Waals surface area contributed by atoms with Gasteiger partial charge in [0.05, 0.1) is 0 Å². The van der Waals surface area contributed by atoms with Gasteiger partial charge in [-0.1, -0.05) is 51.3 Å². The average molecular weight is 245 g/mol. The van der Waals surface area contributed by atoms with Gasteiger partial charge in [0.25, 0.3) is 0 Å². The average Bonchev–Trinajstić information content (AvgIpc) is 2.45. The molecule has 0 saturated heterocycles. The molecule has 1 aromatic rings. The number of rotatable bonds is 5. The molecule has 0 bridgehead atoms. The Morgan fingerprint density at radius 2 is 1.61 bits per heavy atom. The van der Waals surface area contributed by atoms with Gasteiger partial charge in [0.2, 0.25) is 0 Å². The predicted octanol–water partition coefficient (Wildman–Crippen LogP) is 4.80. The molecule has 0 aliphatic heterocycles. The van der Waals surface area contributed by atoms with Crippen molar-refractivity contribution in [3.63, 3.8) is 0 Å². The van der Waals surface area contributed by atoms with Crippen LogP contribution in [0.15, 0.2) is 18.2 Å². The standard InChI is InChI=1S/C17H27N/c1-3-15-11-8-12-16(4-2)17(15)18-13-14-9-6-5-7-10-14/h8,11-12,14,18H,3-7,9-10,13H2,1-2H3. The number of nitrogens with one attached hydrogen (secondary N) is 1. The molecule has 100 valence electrons. The molecule has 1 fully saturated rings. The van der Waals surface area contributed by atoms with Gasteiger partial charge in [-0.3, -0.25) is 0 Å². The molecule has 18 heavy (non-hydrogen) atoms. The highest BCUT2D eigenvalue weighted by Gasteiger charge is 2.14. The third kappa shape index (κ3) is 3.28. The lowest BCUT2D eigenvalue weighted by Crippen LogP contribution is -2.18. The van der Waals surface area contributed by atoms with Crippen LogP contribution in [0.4, 0.5) is 5.69 Å². The molecule has 1 aromatic carbocycles. The summed E-state index contributed by atoms with van der Waals surface area (Å²) in [6.07, 6.45) is 9.40. The van der Waals surface area contributed by atoms with Crippen LogP contribution in [-0.4, -0.2) is 6.54 Å². The molecule has 0 aromatic heterocycles. The Hall–Kier alpha value is -0.980. The summed E-state index contributed by atoms with van der Waals surface area (Å²) in [6, 6.07) is 6.73. The fourth-order valence-electron chi connectivity index (χ4n) is 3.11. The lowest BCUT2D eigenvalue weighted by atomic mass is 9.89. The van der Waals surface area contributed by atoms with E-state index in [-0.39, 0.29) is 0 Å². The van der Waals surface area contributed by atoms with Crippen molar-refractivity contribution in [3.8, 4) is 0 Å². The topological polar surface area (TPSA) is 12.0 Å². The molecule has 0 atom stereocenters. The van der Waals surface area contributed by atoms with Crippen LogP contribution in [0.1, 0.15) is 57.1 Å². The molecule has 0 spiro atoms. The Morgan fingerprint density at radius 1 is 1.00 bits per heavy atom. The molecule has 1 saturated carbocycles. The van der Waals surface area contributed by atoms with Gasteiger partial charge in [0.15, 0.2) is 0 Å². The van der Waals surface area contributed by atoms with E-state index >= 15 is 0 Å². The number of hydrogen-bond acceptors (Lipinski definition) is 1. The largest absolute Gasteiger partial charge is 0.384 e. The summed E-state index contributed by atoms with van der Waals surface area (Å²) in [5, 5.41) is 3.75. The van der Waals surface area contributed by atoms with Crippen LogP contribution in [-0.2, 0) is 12.8 Å². The summed E-state index contributed by atoms with van der Waals surface area (Å²) in [5.74, 6) is 0.897. The summed E-state index contributed by atoms with van der Waals surface area (Å²) in [7, 11) is 0. The number of benzene rings is 1. The third-order valence-corrected chi connectivity index (χ3v) is 4.29. The van der Waals surface area contributed by atoms with Gasteiger partial charge in [-0.05, 0) is 42.7 Å². The summed E-state index contributed by atoms with van der Waals surface area (Å²) in [6.45, 7) is 5.67. The minimum absolute atomic E-state index is 0.897. The molecule has 0 unspecified atom stereocenters. The van der Waals surface area contributed by atoms with E-state index in [1.54, 1.807) is 0 Å². The molecule has 1 aliphatic carbocycles. The Morgan fingerprint density at radius 3 is 2.17 bits per heavy atom. The van der Waals surface area contributed by atoms with E-state index in [2.05, 4.69) is 37.4 Å². The lowest BCUT2D eigenvalue weighted by Gasteiger charge is -2.24. The number of para-hydroxylation sites is 1. The maximum Gasteiger partial charge on any atom is 0.0405 e. The summed E-state index contributed by atoms with van der Waals surface area (Å²) < 4.78 is 0. The quantitative estimate of drug-likeness (QED) is 0.785. The van der Waals surface area contributed by atoms with Gasteiger partial charge >= 0.3 is 0 Å². The molecule has 1 heteroatoms. The Balaban J connectivity index is 2.02. The molecule has 1 N–H and O–H groups in total. The third-order valence-electron chi connectivity index (χ3n) is 4.29. The van der Waals surface area contributed by atoms with Crippen molar-refractivity contribution in [3.05, 3.63) is 29.3 Å². The van der Waals surface area contributed by atoms with Crippen LogP contribution in [0.3, 0.4) is 0 Å². The molecular weight excluding hydrogens is 218 g/mol. The Labute approximate surface area is 112 Å². The zero-order valence-corrected chi connectivity index (χ0v) is 12.0. The van der Waals surface area contributed by atoms with Crippen LogP contribution in [0.5, 0.6) is 0 Å². The highest BCUT2D eigenvalue weighted by atomic mass is 14.9. The second-order valence-electron chi connectivity index (χ2n) is 5.54. The van der Waals surface area contributed by atoms with E-state index < -0.39 is 0 Å². The zero-order valence-electron chi connectivity index (χ0n) is 12.0. The first-order valence-corrected chi connectivity index (χ1v) is 7.69. The highest BCUT2D eigenvalue weighted by molar-refractivity contribution is 5.57. The fraction of sp³-hybridized carbons (Fsp3) is 0.647. The number of anilines is 1. The maximum atomic E-state index is 3.75. The summed E-state index contributed by atoms with van der Waals surface area (Å²) in [5.41, 5.74) is 4.38. The SMILES string of the molecule is CCc1cccc(CC)c1NCC1CCCCC1. The van der Waals surface area contributed by atoms with Crippen LogP contribution in [0.25, 0.3) is 0 Å². The smallest absolute Gasteiger partial charge is 0.0405 e. The molecule has 0 amide bonds. The zero-order chi connectivity index (χ0) is 12.8. The number of aryl methyl sites for hydroxylation is 2. The minimum Gasteiger partial charge on any atom is -0.384 e. The van der Waals surface area contributed by atoms with Gasteiger partial charge in [0, 0.05) is 12.2 Å². The van der Waals surface area contributed by atoms with Crippen molar-refractivity contribution in [2.24, 2.45) is 5.92 Å². The summed E-state index contributed by atoms with van der Waals surface area (Å²) in [4.78, 5) is 0. The second-order valence-corrected chi connectivity index (χ2v) is 5.54. The van der Waals surface area contributed by atoms with Gasteiger partial charge < -0.3 is 5.32 Å². The maximum absolute atomic E-state index is 3.75. The normalized spacial score (nSPS) is 16.8. The molecule has 1 aliphatic rings.